The van der Waals surface area contributed by atoms with Gasteiger partial charge in [0.2, 0.25) is 0 Å². The third kappa shape index (κ3) is 2.57. The number of carbonyl (C=O) groups excluding carboxylic acids is 1. The average Bonchev–Trinajstić information content (AvgIpc) is 2.54. The van der Waals surface area contributed by atoms with Crippen LogP contribution in [-0.4, -0.2) is 5.78 Å². The molecule has 3 aromatic rings. The Balaban J connectivity index is 2.25. The number of benzene rings is 3. The largest absolute Gasteiger partial charge is 0.295 e. The first-order valence-corrected chi connectivity index (χ1v) is 6.88. The van der Waals surface area contributed by atoms with Gasteiger partial charge < -0.3 is 0 Å². The number of hydrogen-bond donors (Lipinski definition) is 0. The molecular formula is C19H15FO. The summed E-state index contributed by atoms with van der Waals surface area (Å²) in [6.45, 7) is 1.11. The zero-order valence-electron chi connectivity index (χ0n) is 11.8. The molecule has 0 N–H and O–H groups in total. The highest BCUT2D eigenvalue weighted by Crippen LogP contribution is 2.30. The van der Waals surface area contributed by atoms with Crippen molar-refractivity contribution in [2.45, 2.75) is 13.6 Å². The zero-order valence-corrected chi connectivity index (χ0v) is 11.8. The Bertz CT molecular complexity index is 803. The van der Waals surface area contributed by atoms with Crippen molar-refractivity contribution in [3.05, 3.63) is 71.8 Å². The van der Waals surface area contributed by atoms with E-state index in [1.165, 1.54) is 0 Å². The molecule has 0 aliphatic heterocycles. The number of ketones is 1. The zero-order chi connectivity index (χ0) is 14.8. The number of hydrogen-bond acceptors (Lipinski definition) is 1. The van der Waals surface area contributed by atoms with Crippen LogP contribution in [0.1, 0.15) is 22.8 Å². The van der Waals surface area contributed by atoms with Crippen molar-refractivity contribution >= 4 is 16.6 Å². The SMILES string of the molecule is CC(=O)c1cc(-c2ccc(CF)cc2)c2ccccc2c1. The lowest BCUT2D eigenvalue weighted by atomic mass is 9.94. The van der Waals surface area contributed by atoms with E-state index in [1.54, 1.807) is 19.1 Å². The quantitative estimate of drug-likeness (QED) is 0.603. The molecule has 0 amide bonds. The summed E-state index contributed by atoms with van der Waals surface area (Å²) < 4.78 is 12.6. The number of rotatable bonds is 3. The van der Waals surface area contributed by atoms with Crippen LogP contribution in [-0.2, 0) is 6.67 Å². The predicted octanol–water partition coefficient (Wildman–Crippen LogP) is 5.18. The van der Waals surface area contributed by atoms with Gasteiger partial charge in [-0.3, -0.25) is 4.79 Å². The smallest absolute Gasteiger partial charge is 0.159 e. The van der Waals surface area contributed by atoms with Crippen LogP contribution < -0.4 is 0 Å². The van der Waals surface area contributed by atoms with E-state index in [4.69, 9.17) is 0 Å². The second kappa shape index (κ2) is 5.49. The van der Waals surface area contributed by atoms with Crippen molar-refractivity contribution in [1.82, 2.24) is 0 Å². The molecule has 0 spiro atoms. The monoisotopic (exact) mass is 278 g/mol. The van der Waals surface area contributed by atoms with Crippen molar-refractivity contribution < 1.29 is 9.18 Å². The lowest BCUT2D eigenvalue weighted by Crippen LogP contribution is -1.94. The molecule has 104 valence electrons. The summed E-state index contributed by atoms with van der Waals surface area (Å²) in [4.78, 5) is 11.7. The van der Waals surface area contributed by atoms with Crippen LogP contribution in [0.15, 0.2) is 60.7 Å². The van der Waals surface area contributed by atoms with Crippen molar-refractivity contribution in [2.24, 2.45) is 0 Å². The minimum atomic E-state index is -0.464. The molecule has 21 heavy (non-hydrogen) atoms. The fourth-order valence-corrected chi connectivity index (χ4v) is 2.53. The van der Waals surface area contributed by atoms with Crippen molar-refractivity contribution in [2.75, 3.05) is 0 Å². The van der Waals surface area contributed by atoms with Gasteiger partial charge in [-0.15, -0.1) is 0 Å². The third-order valence-corrected chi connectivity index (χ3v) is 3.69. The van der Waals surface area contributed by atoms with Crippen LogP contribution in [0, 0.1) is 0 Å². The minimum Gasteiger partial charge on any atom is -0.295 e. The molecule has 0 unspecified atom stereocenters. The first kappa shape index (κ1) is 13.5. The second-order valence-corrected chi connectivity index (χ2v) is 5.13. The van der Waals surface area contributed by atoms with E-state index < -0.39 is 6.67 Å². The van der Waals surface area contributed by atoms with Crippen LogP contribution in [0.25, 0.3) is 21.9 Å². The Morgan fingerprint density at radius 3 is 2.38 bits per heavy atom. The van der Waals surface area contributed by atoms with E-state index >= 15 is 0 Å². The molecule has 0 saturated heterocycles. The summed E-state index contributed by atoms with van der Waals surface area (Å²) in [6.07, 6.45) is 0. The summed E-state index contributed by atoms with van der Waals surface area (Å²) >= 11 is 0. The summed E-state index contributed by atoms with van der Waals surface area (Å²) in [5, 5.41) is 2.13. The molecule has 0 aliphatic rings. The first-order chi connectivity index (χ1) is 10.2. The Kier molecular flexibility index (Phi) is 3.53. The van der Waals surface area contributed by atoms with Gasteiger partial charge in [-0.2, -0.15) is 0 Å². The van der Waals surface area contributed by atoms with E-state index in [9.17, 15) is 9.18 Å². The van der Waals surface area contributed by atoms with E-state index in [2.05, 4.69) is 0 Å². The normalized spacial score (nSPS) is 10.8. The number of fused-ring (bicyclic) bond motifs is 1. The Morgan fingerprint density at radius 2 is 1.71 bits per heavy atom. The van der Waals surface area contributed by atoms with Crippen LogP contribution in [0.3, 0.4) is 0 Å². The average molecular weight is 278 g/mol. The minimum absolute atomic E-state index is 0.0439. The highest BCUT2D eigenvalue weighted by atomic mass is 19.1. The van der Waals surface area contributed by atoms with Gasteiger partial charge in [-0.25, -0.2) is 4.39 Å². The topological polar surface area (TPSA) is 17.1 Å². The van der Waals surface area contributed by atoms with Gasteiger partial charge in [-0.1, -0.05) is 48.5 Å². The van der Waals surface area contributed by atoms with Gasteiger partial charge in [0.05, 0.1) is 0 Å². The molecule has 0 radical (unpaired) electrons. The third-order valence-electron chi connectivity index (χ3n) is 3.69. The molecule has 3 rings (SSSR count). The van der Waals surface area contributed by atoms with Crippen LogP contribution in [0.2, 0.25) is 0 Å². The van der Waals surface area contributed by atoms with Gasteiger partial charge in [0.25, 0.3) is 0 Å². The van der Waals surface area contributed by atoms with E-state index in [1.807, 2.05) is 48.5 Å². The van der Waals surface area contributed by atoms with Gasteiger partial charge in [-0.05, 0) is 46.5 Å². The summed E-state index contributed by atoms with van der Waals surface area (Å²) in [5.41, 5.74) is 3.35. The van der Waals surface area contributed by atoms with Gasteiger partial charge in [0, 0.05) is 5.56 Å². The highest BCUT2D eigenvalue weighted by molar-refractivity contribution is 6.04. The molecule has 3 aromatic carbocycles. The maximum Gasteiger partial charge on any atom is 0.159 e. The second-order valence-electron chi connectivity index (χ2n) is 5.13. The predicted molar refractivity (Wildman–Crippen MR) is 84.2 cm³/mol. The van der Waals surface area contributed by atoms with Gasteiger partial charge >= 0.3 is 0 Å². The molecule has 0 bridgehead atoms. The van der Waals surface area contributed by atoms with Crippen molar-refractivity contribution in [3.63, 3.8) is 0 Å². The fourth-order valence-electron chi connectivity index (χ4n) is 2.53. The first-order valence-electron chi connectivity index (χ1n) is 6.88. The molecular weight excluding hydrogens is 263 g/mol. The van der Waals surface area contributed by atoms with Crippen molar-refractivity contribution in [1.29, 1.82) is 0 Å². The van der Waals surface area contributed by atoms with Gasteiger partial charge in [0.15, 0.2) is 5.78 Å². The van der Waals surface area contributed by atoms with Crippen LogP contribution in [0.5, 0.6) is 0 Å². The molecule has 2 heteroatoms. The van der Waals surface area contributed by atoms with Gasteiger partial charge in [0.1, 0.15) is 6.67 Å². The number of alkyl halides is 1. The molecule has 0 fully saturated rings. The van der Waals surface area contributed by atoms with Crippen molar-refractivity contribution in [3.8, 4) is 11.1 Å². The number of Topliss-reactive ketones (excluding diaryl/α,β-unsaturated/α-hetero) is 1. The lowest BCUT2D eigenvalue weighted by molar-refractivity contribution is 0.101. The van der Waals surface area contributed by atoms with Crippen LogP contribution >= 0.6 is 0 Å². The van der Waals surface area contributed by atoms with Crippen LogP contribution in [0.4, 0.5) is 4.39 Å². The summed E-state index contributed by atoms with van der Waals surface area (Å²) in [5.74, 6) is 0.0439. The molecule has 1 nitrogen and oxygen atoms in total. The number of carbonyl (C=O) groups is 1. The Hall–Kier alpha value is -2.48. The summed E-state index contributed by atoms with van der Waals surface area (Å²) in [6, 6.07) is 19.2. The van der Waals surface area contributed by atoms with E-state index in [0.29, 0.717) is 11.1 Å². The van der Waals surface area contributed by atoms with E-state index in [-0.39, 0.29) is 5.78 Å². The van der Waals surface area contributed by atoms with E-state index in [0.717, 1.165) is 21.9 Å². The highest BCUT2D eigenvalue weighted by Gasteiger charge is 2.09. The Morgan fingerprint density at radius 1 is 1.00 bits per heavy atom. The molecule has 0 atom stereocenters. The molecule has 0 saturated carbocycles. The maximum absolute atomic E-state index is 12.6. The fraction of sp³-hybridized carbons (Fsp3) is 0.105. The molecule has 0 aliphatic carbocycles. The number of halogens is 1. The molecule has 0 aromatic heterocycles. The maximum atomic E-state index is 12.6. The summed E-state index contributed by atoms with van der Waals surface area (Å²) in [7, 11) is 0. The Labute approximate surface area is 123 Å². The molecule has 0 heterocycles. The lowest BCUT2D eigenvalue weighted by Gasteiger charge is -2.10. The standard InChI is InChI=1S/C19H15FO/c1-13(21)17-10-16-4-2-3-5-18(16)19(11-17)15-8-6-14(12-20)7-9-15/h2-11H,12H2,1H3.